The Labute approximate surface area is 172 Å². The highest BCUT2D eigenvalue weighted by molar-refractivity contribution is 7.18. The molecule has 2 aromatic carbocycles. The largest absolute Gasteiger partial charge is 0.483 e. The van der Waals surface area contributed by atoms with Crippen molar-refractivity contribution in [1.29, 1.82) is 0 Å². The Morgan fingerprint density at radius 1 is 1.14 bits per heavy atom. The Kier molecular flexibility index (Phi) is 6.11. The highest BCUT2D eigenvalue weighted by Crippen LogP contribution is 2.31. The van der Waals surface area contributed by atoms with Gasteiger partial charge in [-0.15, -0.1) is 0 Å². The van der Waals surface area contributed by atoms with E-state index in [0.717, 1.165) is 28.0 Å². The zero-order valence-corrected chi connectivity index (χ0v) is 17.3. The van der Waals surface area contributed by atoms with E-state index in [1.165, 1.54) is 6.92 Å². The number of rotatable bonds is 6. The van der Waals surface area contributed by atoms with Crippen molar-refractivity contribution in [2.24, 2.45) is 0 Å². The molecule has 0 radical (unpaired) electrons. The highest BCUT2D eigenvalue weighted by atomic mass is 35.5. The second kappa shape index (κ2) is 8.54. The predicted octanol–water partition coefficient (Wildman–Crippen LogP) is 5.30. The number of Topliss-reactive ketones (excluding diaryl/α,β-unsaturated/α-hetero) is 1. The molecule has 0 fully saturated rings. The fourth-order valence-corrected chi connectivity index (χ4v) is 4.05. The van der Waals surface area contributed by atoms with Crippen molar-refractivity contribution in [3.8, 4) is 17.0 Å². The second-order valence-corrected chi connectivity index (χ2v) is 7.76. The summed E-state index contributed by atoms with van der Waals surface area (Å²) in [6, 6.07) is 13.0. The van der Waals surface area contributed by atoms with Gasteiger partial charge in [0.2, 0.25) is 0 Å². The molecule has 1 N–H and O–H groups in total. The van der Waals surface area contributed by atoms with Crippen molar-refractivity contribution < 1.29 is 14.3 Å². The number of anilines is 1. The number of aryl methyl sites for hydroxylation is 2. The van der Waals surface area contributed by atoms with Gasteiger partial charge >= 0.3 is 0 Å². The summed E-state index contributed by atoms with van der Waals surface area (Å²) in [5.41, 5.74) is 3.11. The standard InChI is InChI=1S/C21H19ClN2O3S/c1-12-9-16(22)10-13(2)19(12)27-11-17(26)23-21-24-18(20(28-21)14(3)25)15-7-5-4-6-8-15/h4-10H,11H2,1-3H3,(H,23,24,26). The molecule has 0 aliphatic rings. The predicted molar refractivity (Wildman–Crippen MR) is 113 cm³/mol. The van der Waals surface area contributed by atoms with E-state index < -0.39 is 0 Å². The van der Waals surface area contributed by atoms with Crippen LogP contribution in [0.3, 0.4) is 0 Å². The van der Waals surface area contributed by atoms with Gasteiger partial charge in [0.1, 0.15) is 5.75 Å². The van der Waals surface area contributed by atoms with Crippen LogP contribution in [0.5, 0.6) is 5.75 Å². The van der Waals surface area contributed by atoms with E-state index >= 15 is 0 Å². The molecule has 5 nitrogen and oxygen atoms in total. The van der Waals surface area contributed by atoms with Gasteiger partial charge in [-0.25, -0.2) is 4.98 Å². The number of hydrogen-bond acceptors (Lipinski definition) is 5. The number of ketones is 1. The summed E-state index contributed by atoms with van der Waals surface area (Å²) in [6.07, 6.45) is 0. The van der Waals surface area contributed by atoms with Gasteiger partial charge < -0.3 is 4.74 Å². The van der Waals surface area contributed by atoms with Crippen LogP contribution in [0.4, 0.5) is 5.13 Å². The summed E-state index contributed by atoms with van der Waals surface area (Å²) in [7, 11) is 0. The van der Waals surface area contributed by atoms with E-state index in [1.807, 2.05) is 44.2 Å². The third-order valence-corrected chi connectivity index (χ3v) is 5.30. The summed E-state index contributed by atoms with van der Waals surface area (Å²) in [5.74, 6) is 0.186. The first kappa shape index (κ1) is 20.0. The molecular formula is C21H19ClN2O3S. The number of halogens is 1. The normalized spacial score (nSPS) is 10.6. The van der Waals surface area contributed by atoms with Crippen LogP contribution in [0.15, 0.2) is 42.5 Å². The number of thiazole rings is 1. The van der Waals surface area contributed by atoms with Gasteiger partial charge in [-0.2, -0.15) is 0 Å². The molecule has 3 rings (SSSR count). The summed E-state index contributed by atoms with van der Waals surface area (Å²) < 4.78 is 5.66. The summed E-state index contributed by atoms with van der Waals surface area (Å²) >= 11 is 7.17. The molecule has 1 amide bonds. The SMILES string of the molecule is CC(=O)c1sc(NC(=O)COc2c(C)cc(Cl)cc2C)nc1-c1ccccc1. The zero-order chi connectivity index (χ0) is 20.3. The number of benzene rings is 2. The minimum absolute atomic E-state index is 0.0967. The van der Waals surface area contributed by atoms with Crippen LogP contribution in [0.25, 0.3) is 11.3 Å². The van der Waals surface area contributed by atoms with Crippen LogP contribution in [-0.2, 0) is 4.79 Å². The lowest BCUT2D eigenvalue weighted by molar-refractivity contribution is -0.118. The molecule has 0 spiro atoms. The molecular weight excluding hydrogens is 396 g/mol. The molecule has 0 atom stereocenters. The summed E-state index contributed by atoms with van der Waals surface area (Å²) in [4.78, 5) is 29.2. The number of amides is 1. The fourth-order valence-electron chi connectivity index (χ4n) is 2.82. The van der Waals surface area contributed by atoms with Gasteiger partial charge in [0, 0.05) is 17.5 Å². The maximum atomic E-state index is 12.3. The monoisotopic (exact) mass is 414 g/mol. The van der Waals surface area contributed by atoms with Crippen LogP contribution in [-0.4, -0.2) is 23.3 Å². The number of nitrogens with one attached hydrogen (secondary N) is 1. The van der Waals surface area contributed by atoms with Crippen LogP contribution >= 0.6 is 22.9 Å². The van der Waals surface area contributed by atoms with E-state index in [-0.39, 0.29) is 18.3 Å². The Morgan fingerprint density at radius 2 is 1.79 bits per heavy atom. The number of ether oxygens (including phenoxy) is 1. The quantitative estimate of drug-likeness (QED) is 0.555. The summed E-state index contributed by atoms with van der Waals surface area (Å²) in [5, 5.41) is 3.70. The molecule has 1 heterocycles. The van der Waals surface area contributed by atoms with Gasteiger partial charge in [-0.05, 0) is 37.1 Å². The van der Waals surface area contributed by atoms with Crippen molar-refractivity contribution >= 4 is 39.8 Å². The molecule has 28 heavy (non-hydrogen) atoms. The van der Waals surface area contributed by atoms with Gasteiger partial charge in [-0.1, -0.05) is 53.3 Å². The van der Waals surface area contributed by atoms with Gasteiger partial charge in [-0.3, -0.25) is 14.9 Å². The first-order valence-corrected chi connectivity index (χ1v) is 9.81. The molecule has 0 aliphatic heterocycles. The van der Waals surface area contributed by atoms with E-state index in [0.29, 0.717) is 26.5 Å². The van der Waals surface area contributed by atoms with Gasteiger partial charge in [0.15, 0.2) is 17.5 Å². The van der Waals surface area contributed by atoms with Gasteiger partial charge in [0.05, 0.1) is 10.6 Å². The number of carbonyl (C=O) groups excluding carboxylic acids is 2. The average Bonchev–Trinajstić information content (AvgIpc) is 3.05. The molecule has 0 saturated carbocycles. The fraction of sp³-hybridized carbons (Fsp3) is 0.190. The Hall–Kier alpha value is -2.70. The van der Waals surface area contributed by atoms with Crippen molar-refractivity contribution in [1.82, 2.24) is 4.98 Å². The first-order valence-electron chi connectivity index (χ1n) is 8.61. The maximum absolute atomic E-state index is 12.3. The number of aromatic nitrogens is 1. The lowest BCUT2D eigenvalue weighted by Crippen LogP contribution is -2.20. The Morgan fingerprint density at radius 3 is 2.39 bits per heavy atom. The van der Waals surface area contributed by atoms with E-state index in [4.69, 9.17) is 16.3 Å². The molecule has 3 aromatic rings. The third-order valence-electron chi connectivity index (χ3n) is 4.01. The Balaban J connectivity index is 1.74. The molecule has 144 valence electrons. The number of nitrogens with zero attached hydrogens (tertiary/aromatic N) is 1. The van der Waals surface area contributed by atoms with Crippen LogP contribution in [0.1, 0.15) is 27.7 Å². The molecule has 0 bridgehead atoms. The van der Waals surface area contributed by atoms with Crippen LogP contribution in [0.2, 0.25) is 5.02 Å². The van der Waals surface area contributed by atoms with Crippen molar-refractivity contribution in [3.05, 3.63) is 63.5 Å². The summed E-state index contributed by atoms with van der Waals surface area (Å²) in [6.45, 7) is 5.07. The van der Waals surface area contributed by atoms with Crippen molar-refractivity contribution in [2.75, 3.05) is 11.9 Å². The highest BCUT2D eigenvalue weighted by Gasteiger charge is 2.18. The van der Waals surface area contributed by atoms with E-state index in [2.05, 4.69) is 10.3 Å². The minimum Gasteiger partial charge on any atom is -0.483 e. The third kappa shape index (κ3) is 4.58. The topological polar surface area (TPSA) is 68.3 Å². The van der Waals surface area contributed by atoms with E-state index in [9.17, 15) is 9.59 Å². The molecule has 1 aromatic heterocycles. The van der Waals surface area contributed by atoms with Gasteiger partial charge in [0.25, 0.3) is 5.91 Å². The first-order chi connectivity index (χ1) is 13.3. The van der Waals surface area contributed by atoms with E-state index in [1.54, 1.807) is 12.1 Å². The second-order valence-electron chi connectivity index (χ2n) is 6.32. The van der Waals surface area contributed by atoms with Crippen LogP contribution in [0, 0.1) is 13.8 Å². The number of hydrogen-bond donors (Lipinski definition) is 1. The average molecular weight is 415 g/mol. The van der Waals surface area contributed by atoms with Crippen LogP contribution < -0.4 is 10.1 Å². The number of carbonyl (C=O) groups is 2. The Bertz CT molecular complexity index is 1010. The minimum atomic E-state index is -0.350. The lowest BCUT2D eigenvalue weighted by Gasteiger charge is -2.12. The smallest absolute Gasteiger partial charge is 0.264 e. The molecule has 0 aliphatic carbocycles. The van der Waals surface area contributed by atoms with Crippen molar-refractivity contribution in [3.63, 3.8) is 0 Å². The van der Waals surface area contributed by atoms with Crippen molar-refractivity contribution in [2.45, 2.75) is 20.8 Å². The lowest BCUT2D eigenvalue weighted by atomic mass is 10.1. The molecule has 0 unspecified atom stereocenters. The maximum Gasteiger partial charge on any atom is 0.264 e. The molecule has 0 saturated heterocycles. The molecule has 7 heteroatoms. The zero-order valence-electron chi connectivity index (χ0n) is 15.7.